The van der Waals surface area contributed by atoms with Crippen molar-refractivity contribution in [3.63, 3.8) is 0 Å². The summed E-state index contributed by atoms with van der Waals surface area (Å²) in [5.74, 6) is 0.542. The molecule has 2 fully saturated rings. The van der Waals surface area contributed by atoms with Crippen LogP contribution in [0.25, 0.3) is 0 Å². The number of carbonyl (C=O) groups is 2. The van der Waals surface area contributed by atoms with Crippen molar-refractivity contribution in [2.24, 2.45) is 11.8 Å². The molecule has 1 N–H and O–H groups in total. The average molecular weight is 355 g/mol. The van der Waals surface area contributed by atoms with E-state index in [1.54, 1.807) is 4.90 Å². The van der Waals surface area contributed by atoms with Gasteiger partial charge in [0.2, 0.25) is 0 Å². The minimum atomic E-state index is -0.526. The maximum Gasteiger partial charge on any atom is 0.410 e. The van der Waals surface area contributed by atoms with Crippen LogP contribution in [0.1, 0.15) is 65.7 Å². The highest BCUT2D eigenvalue weighted by molar-refractivity contribution is 5.72. The van der Waals surface area contributed by atoms with Crippen LogP contribution >= 0.6 is 0 Å². The van der Waals surface area contributed by atoms with Gasteiger partial charge in [0.1, 0.15) is 5.60 Å². The van der Waals surface area contributed by atoms with Crippen LogP contribution in [-0.2, 0) is 14.3 Å². The van der Waals surface area contributed by atoms with Gasteiger partial charge in [-0.3, -0.25) is 4.79 Å². The third-order valence-corrected chi connectivity index (χ3v) is 5.31. The number of aliphatic hydroxyl groups excluding tert-OH is 1. The average Bonchev–Trinajstić information content (AvgIpc) is 2.92. The summed E-state index contributed by atoms with van der Waals surface area (Å²) in [5, 5.41) is 9.98. The van der Waals surface area contributed by atoms with Crippen molar-refractivity contribution < 1.29 is 24.2 Å². The van der Waals surface area contributed by atoms with E-state index in [0.29, 0.717) is 18.9 Å². The van der Waals surface area contributed by atoms with E-state index < -0.39 is 11.7 Å². The Kier molecular flexibility index (Phi) is 6.72. The van der Waals surface area contributed by atoms with Crippen molar-refractivity contribution in [3.05, 3.63) is 0 Å². The lowest BCUT2D eigenvalue weighted by molar-refractivity contribution is -0.146. The molecule has 0 radical (unpaired) electrons. The quantitative estimate of drug-likeness (QED) is 0.784. The second-order valence-electron chi connectivity index (χ2n) is 8.49. The standard InChI is InChI=1S/C19H33NO5/c1-19(2,3)25-18(23)20-12-16(21)11-15(20)10-7-13-5-8-14(9-6-13)17(22)24-4/h13-16,21H,5-12H2,1-4H3/t13?,14?,15-,16+/m0/s1. The van der Waals surface area contributed by atoms with Gasteiger partial charge in [-0.25, -0.2) is 4.79 Å². The molecule has 0 bridgehead atoms. The number of β-amino-alcohol motifs (C(OH)–C–C–N with tert-alkyl or cyclic N) is 1. The first-order valence-corrected chi connectivity index (χ1v) is 9.45. The third kappa shape index (κ3) is 5.87. The molecule has 25 heavy (non-hydrogen) atoms. The highest BCUT2D eigenvalue weighted by Gasteiger charge is 2.37. The smallest absolute Gasteiger partial charge is 0.410 e. The lowest BCUT2D eigenvalue weighted by Gasteiger charge is -2.31. The summed E-state index contributed by atoms with van der Waals surface area (Å²) in [6.45, 7) is 5.92. The number of hydrogen-bond donors (Lipinski definition) is 1. The molecule has 0 unspecified atom stereocenters. The van der Waals surface area contributed by atoms with Gasteiger partial charge in [-0.05, 0) is 71.6 Å². The maximum atomic E-state index is 12.4. The zero-order valence-corrected chi connectivity index (χ0v) is 16.0. The number of hydrogen-bond acceptors (Lipinski definition) is 5. The number of esters is 1. The van der Waals surface area contributed by atoms with Gasteiger partial charge in [0.05, 0.1) is 25.7 Å². The predicted molar refractivity (Wildman–Crippen MR) is 94.0 cm³/mol. The molecule has 1 amide bonds. The monoisotopic (exact) mass is 355 g/mol. The number of methoxy groups -OCH3 is 1. The molecule has 0 aromatic heterocycles. The first-order chi connectivity index (χ1) is 11.7. The van der Waals surface area contributed by atoms with Crippen LogP contribution in [0, 0.1) is 11.8 Å². The fraction of sp³-hybridized carbons (Fsp3) is 0.895. The number of nitrogens with zero attached hydrogens (tertiary/aromatic N) is 1. The van der Waals surface area contributed by atoms with Crippen molar-refractivity contribution in [1.29, 1.82) is 0 Å². The van der Waals surface area contributed by atoms with Crippen molar-refractivity contribution in [2.75, 3.05) is 13.7 Å². The van der Waals surface area contributed by atoms with E-state index in [4.69, 9.17) is 9.47 Å². The van der Waals surface area contributed by atoms with Crippen molar-refractivity contribution in [3.8, 4) is 0 Å². The lowest BCUT2D eigenvalue weighted by Crippen LogP contribution is -2.40. The molecule has 0 aromatic carbocycles. The van der Waals surface area contributed by atoms with E-state index in [-0.39, 0.29) is 24.0 Å². The van der Waals surface area contributed by atoms with E-state index >= 15 is 0 Å². The molecule has 1 aliphatic heterocycles. The molecule has 144 valence electrons. The molecule has 6 nitrogen and oxygen atoms in total. The molecule has 1 heterocycles. The van der Waals surface area contributed by atoms with Gasteiger partial charge in [0.25, 0.3) is 0 Å². The molecule has 2 rings (SSSR count). The third-order valence-electron chi connectivity index (χ3n) is 5.31. The Bertz CT molecular complexity index is 465. The number of carbonyl (C=O) groups excluding carboxylic acids is 2. The van der Waals surface area contributed by atoms with Crippen LogP contribution in [0.4, 0.5) is 4.79 Å². The van der Waals surface area contributed by atoms with Crippen LogP contribution in [0.2, 0.25) is 0 Å². The van der Waals surface area contributed by atoms with Crippen LogP contribution in [-0.4, -0.2) is 53.5 Å². The van der Waals surface area contributed by atoms with Gasteiger partial charge in [-0.2, -0.15) is 0 Å². The Balaban J connectivity index is 1.81. The largest absolute Gasteiger partial charge is 0.469 e. The van der Waals surface area contributed by atoms with Crippen molar-refractivity contribution >= 4 is 12.1 Å². The highest BCUT2D eigenvalue weighted by atomic mass is 16.6. The normalized spacial score (nSPS) is 30.2. The molecule has 1 aliphatic carbocycles. The van der Waals surface area contributed by atoms with Gasteiger partial charge >= 0.3 is 12.1 Å². The molecule has 2 aliphatic rings. The summed E-state index contributed by atoms with van der Waals surface area (Å²) >= 11 is 0. The molecule has 1 saturated carbocycles. The SMILES string of the molecule is COC(=O)C1CCC(CC[C@H]2C[C@@H](O)CN2C(=O)OC(C)(C)C)CC1. The van der Waals surface area contributed by atoms with E-state index in [1.807, 2.05) is 20.8 Å². The van der Waals surface area contributed by atoms with Crippen LogP contribution in [0.3, 0.4) is 0 Å². The predicted octanol–water partition coefficient (Wildman–Crippen LogP) is 3.12. The number of ether oxygens (including phenoxy) is 2. The van der Waals surface area contributed by atoms with Gasteiger partial charge in [0.15, 0.2) is 0 Å². The van der Waals surface area contributed by atoms with E-state index in [0.717, 1.165) is 38.5 Å². The molecule has 0 aromatic rings. The number of rotatable bonds is 4. The number of amides is 1. The second-order valence-corrected chi connectivity index (χ2v) is 8.49. The van der Waals surface area contributed by atoms with E-state index in [2.05, 4.69) is 0 Å². The number of aliphatic hydroxyl groups is 1. The van der Waals surface area contributed by atoms with Gasteiger partial charge in [0, 0.05) is 6.04 Å². The summed E-state index contributed by atoms with van der Waals surface area (Å²) in [5.41, 5.74) is -0.526. The molecule has 2 atom stereocenters. The maximum absolute atomic E-state index is 12.4. The van der Waals surface area contributed by atoms with Crippen LogP contribution in [0.5, 0.6) is 0 Å². The molecule has 0 spiro atoms. The topological polar surface area (TPSA) is 76.1 Å². The Morgan fingerprint density at radius 3 is 2.32 bits per heavy atom. The summed E-state index contributed by atoms with van der Waals surface area (Å²) in [7, 11) is 1.45. The van der Waals surface area contributed by atoms with Crippen molar-refractivity contribution in [1.82, 2.24) is 4.90 Å². The van der Waals surface area contributed by atoms with Crippen molar-refractivity contribution in [2.45, 2.75) is 83.5 Å². The van der Waals surface area contributed by atoms with Crippen LogP contribution < -0.4 is 0 Å². The van der Waals surface area contributed by atoms with Crippen LogP contribution in [0.15, 0.2) is 0 Å². The Morgan fingerprint density at radius 2 is 1.76 bits per heavy atom. The fourth-order valence-corrected chi connectivity index (χ4v) is 3.99. The fourth-order valence-electron chi connectivity index (χ4n) is 3.99. The second kappa shape index (κ2) is 8.39. The van der Waals surface area contributed by atoms with Gasteiger partial charge in [-0.15, -0.1) is 0 Å². The van der Waals surface area contributed by atoms with E-state index in [1.165, 1.54) is 7.11 Å². The Morgan fingerprint density at radius 1 is 1.12 bits per heavy atom. The van der Waals surface area contributed by atoms with Gasteiger partial charge in [-0.1, -0.05) is 0 Å². The summed E-state index contributed by atoms with van der Waals surface area (Å²) in [4.78, 5) is 25.7. The highest BCUT2D eigenvalue weighted by Crippen LogP contribution is 2.34. The number of likely N-dealkylation sites (tertiary alicyclic amines) is 1. The summed E-state index contributed by atoms with van der Waals surface area (Å²) in [6, 6.07) is 0.0446. The van der Waals surface area contributed by atoms with E-state index in [9.17, 15) is 14.7 Å². The minimum Gasteiger partial charge on any atom is -0.469 e. The molecule has 1 saturated heterocycles. The lowest BCUT2D eigenvalue weighted by atomic mass is 9.79. The first kappa shape index (κ1) is 20.0. The zero-order valence-electron chi connectivity index (χ0n) is 16.0. The Labute approximate surface area is 150 Å². The summed E-state index contributed by atoms with van der Waals surface area (Å²) in [6.07, 6.45) is 5.56. The summed E-state index contributed by atoms with van der Waals surface area (Å²) < 4.78 is 10.3. The zero-order chi connectivity index (χ0) is 18.6. The molecular formula is C19H33NO5. The minimum absolute atomic E-state index is 0.0446. The van der Waals surface area contributed by atoms with Gasteiger partial charge < -0.3 is 19.5 Å². The molecular weight excluding hydrogens is 322 g/mol. The Hall–Kier alpha value is -1.30. The molecule has 6 heteroatoms. The first-order valence-electron chi connectivity index (χ1n) is 9.45.